The predicted octanol–water partition coefficient (Wildman–Crippen LogP) is 2.38. The molecule has 3 heteroatoms. The van der Waals surface area contributed by atoms with Crippen molar-refractivity contribution in [2.24, 2.45) is 0 Å². The van der Waals surface area contributed by atoms with Gasteiger partial charge in [0.15, 0.2) is 0 Å². The van der Waals surface area contributed by atoms with Gasteiger partial charge in [0.05, 0.1) is 6.61 Å². The number of carbonyl (C=O) groups is 1. The molecule has 0 unspecified atom stereocenters. The highest BCUT2D eigenvalue weighted by atomic mass is 16.5. The normalized spacial score (nSPS) is 18.7. The number of rotatable bonds is 4. The summed E-state index contributed by atoms with van der Waals surface area (Å²) in [5.74, 6) is -0.231. The summed E-state index contributed by atoms with van der Waals surface area (Å²) in [5.41, 5.74) is 0.615. The quantitative estimate of drug-likeness (QED) is 0.573. The van der Waals surface area contributed by atoms with Crippen molar-refractivity contribution < 1.29 is 9.53 Å². The van der Waals surface area contributed by atoms with E-state index in [1.165, 1.54) is 19.3 Å². The lowest BCUT2D eigenvalue weighted by Gasteiger charge is -2.24. The van der Waals surface area contributed by atoms with E-state index in [4.69, 9.17) is 4.74 Å². The Morgan fingerprint density at radius 2 is 2.07 bits per heavy atom. The van der Waals surface area contributed by atoms with E-state index in [2.05, 4.69) is 5.32 Å². The smallest absolute Gasteiger partial charge is 0.354 e. The molecule has 0 aromatic rings. The van der Waals surface area contributed by atoms with E-state index < -0.39 is 0 Å². The van der Waals surface area contributed by atoms with Crippen molar-refractivity contribution >= 4 is 5.97 Å². The molecule has 0 saturated heterocycles. The van der Waals surface area contributed by atoms with E-state index in [-0.39, 0.29) is 5.97 Å². The van der Waals surface area contributed by atoms with Crippen molar-refractivity contribution in [2.75, 3.05) is 6.61 Å². The number of esters is 1. The maximum Gasteiger partial charge on any atom is 0.354 e. The molecule has 1 rings (SSSR count). The lowest BCUT2D eigenvalue weighted by Crippen LogP contribution is -2.34. The van der Waals surface area contributed by atoms with Gasteiger partial charge in [-0.1, -0.05) is 25.3 Å². The van der Waals surface area contributed by atoms with Crippen LogP contribution in [0.15, 0.2) is 11.8 Å². The van der Waals surface area contributed by atoms with Crippen molar-refractivity contribution in [1.82, 2.24) is 5.32 Å². The molecule has 0 aromatic heterocycles. The molecule has 0 radical (unpaired) electrons. The monoisotopic (exact) mass is 211 g/mol. The van der Waals surface area contributed by atoms with Crippen LogP contribution in [0.5, 0.6) is 0 Å². The van der Waals surface area contributed by atoms with Gasteiger partial charge in [-0.2, -0.15) is 0 Å². The first kappa shape index (κ1) is 12.1. The average Bonchev–Trinajstić information content (AvgIpc) is 2.27. The van der Waals surface area contributed by atoms with Gasteiger partial charge in [-0.05, 0) is 26.7 Å². The standard InChI is InChI=1S/C12H21NO2/c1-3-11(12(14)15-4-2)13-10-8-6-5-7-9-10/h3,10,13H,4-9H2,1-2H3. The second-order valence-electron chi connectivity index (χ2n) is 3.90. The zero-order valence-corrected chi connectivity index (χ0v) is 9.71. The Kier molecular flexibility index (Phi) is 5.22. The molecule has 15 heavy (non-hydrogen) atoms. The van der Waals surface area contributed by atoms with Crippen LogP contribution in [0.3, 0.4) is 0 Å². The Labute approximate surface area is 91.9 Å². The molecular formula is C12H21NO2. The van der Waals surface area contributed by atoms with Crippen molar-refractivity contribution in [3.63, 3.8) is 0 Å². The van der Waals surface area contributed by atoms with Gasteiger partial charge in [0.25, 0.3) is 0 Å². The van der Waals surface area contributed by atoms with Gasteiger partial charge in [-0.25, -0.2) is 4.79 Å². The van der Waals surface area contributed by atoms with Crippen LogP contribution in [0.1, 0.15) is 46.0 Å². The number of allylic oxidation sites excluding steroid dienone is 1. The highest BCUT2D eigenvalue weighted by Crippen LogP contribution is 2.18. The van der Waals surface area contributed by atoms with Crippen molar-refractivity contribution in [3.8, 4) is 0 Å². The molecule has 3 nitrogen and oxygen atoms in total. The Balaban J connectivity index is 2.42. The topological polar surface area (TPSA) is 38.3 Å². The molecule has 1 aliphatic carbocycles. The minimum absolute atomic E-state index is 0.231. The second kappa shape index (κ2) is 6.49. The summed E-state index contributed by atoms with van der Waals surface area (Å²) >= 11 is 0. The van der Waals surface area contributed by atoms with Gasteiger partial charge >= 0.3 is 5.97 Å². The molecule has 0 spiro atoms. The van der Waals surface area contributed by atoms with Crippen LogP contribution in [0.25, 0.3) is 0 Å². The fourth-order valence-corrected chi connectivity index (χ4v) is 1.94. The SMILES string of the molecule is CC=C(NC1CCCCC1)C(=O)OCC. The Bertz CT molecular complexity index is 230. The Hall–Kier alpha value is -0.990. The molecule has 0 aliphatic heterocycles. The minimum Gasteiger partial charge on any atom is -0.461 e. The molecule has 0 amide bonds. The highest BCUT2D eigenvalue weighted by molar-refractivity contribution is 5.87. The van der Waals surface area contributed by atoms with Crippen LogP contribution in [0, 0.1) is 0 Å². The van der Waals surface area contributed by atoms with Gasteiger partial charge in [0.1, 0.15) is 5.70 Å². The number of nitrogens with one attached hydrogen (secondary N) is 1. The van der Waals surface area contributed by atoms with Crippen LogP contribution >= 0.6 is 0 Å². The van der Waals surface area contributed by atoms with Gasteiger partial charge in [-0.15, -0.1) is 0 Å². The number of hydrogen-bond donors (Lipinski definition) is 1. The third kappa shape index (κ3) is 3.94. The van der Waals surface area contributed by atoms with Crippen molar-refractivity contribution in [1.29, 1.82) is 0 Å². The molecule has 0 aromatic carbocycles. The minimum atomic E-state index is -0.231. The predicted molar refractivity (Wildman–Crippen MR) is 60.4 cm³/mol. The fourth-order valence-electron chi connectivity index (χ4n) is 1.94. The lowest BCUT2D eigenvalue weighted by atomic mass is 9.95. The molecule has 1 aliphatic rings. The summed E-state index contributed by atoms with van der Waals surface area (Å²) in [5, 5.41) is 3.28. The summed E-state index contributed by atoms with van der Waals surface area (Å²) in [6, 6.07) is 0.453. The van der Waals surface area contributed by atoms with Crippen molar-refractivity contribution in [2.45, 2.75) is 52.0 Å². The zero-order chi connectivity index (χ0) is 11.1. The Morgan fingerprint density at radius 3 is 2.60 bits per heavy atom. The van der Waals surface area contributed by atoms with Gasteiger partial charge in [-0.3, -0.25) is 0 Å². The molecule has 1 N–H and O–H groups in total. The molecule has 0 bridgehead atoms. The maximum atomic E-state index is 11.5. The van der Waals surface area contributed by atoms with Crippen LogP contribution in [-0.2, 0) is 9.53 Å². The van der Waals surface area contributed by atoms with E-state index in [9.17, 15) is 4.79 Å². The summed E-state index contributed by atoms with van der Waals surface area (Å²) in [4.78, 5) is 11.5. The number of ether oxygens (including phenoxy) is 1. The summed E-state index contributed by atoms with van der Waals surface area (Å²) in [7, 11) is 0. The largest absolute Gasteiger partial charge is 0.461 e. The van der Waals surface area contributed by atoms with Crippen molar-refractivity contribution in [3.05, 3.63) is 11.8 Å². The first-order valence-corrected chi connectivity index (χ1v) is 5.88. The first-order chi connectivity index (χ1) is 7.27. The van der Waals surface area contributed by atoms with Crippen LogP contribution in [-0.4, -0.2) is 18.6 Å². The Morgan fingerprint density at radius 1 is 1.40 bits per heavy atom. The second-order valence-corrected chi connectivity index (χ2v) is 3.90. The summed E-state index contributed by atoms with van der Waals surface area (Å²) in [6.07, 6.45) is 7.97. The van der Waals surface area contributed by atoms with Crippen LogP contribution in [0.4, 0.5) is 0 Å². The highest BCUT2D eigenvalue weighted by Gasteiger charge is 2.17. The van der Waals surface area contributed by atoms with Crippen LogP contribution < -0.4 is 5.32 Å². The molecule has 1 saturated carbocycles. The zero-order valence-electron chi connectivity index (χ0n) is 9.71. The molecule has 86 valence electrons. The maximum absolute atomic E-state index is 11.5. The summed E-state index contributed by atoms with van der Waals surface area (Å²) in [6.45, 7) is 4.12. The van der Waals surface area contributed by atoms with Crippen LogP contribution in [0.2, 0.25) is 0 Å². The average molecular weight is 211 g/mol. The third-order valence-electron chi connectivity index (χ3n) is 2.75. The van der Waals surface area contributed by atoms with E-state index in [0.717, 1.165) is 12.8 Å². The molecule has 0 atom stereocenters. The van der Waals surface area contributed by atoms with Gasteiger partial charge in [0, 0.05) is 6.04 Å². The number of hydrogen-bond acceptors (Lipinski definition) is 3. The van der Waals surface area contributed by atoms with E-state index in [0.29, 0.717) is 18.3 Å². The molecular weight excluding hydrogens is 190 g/mol. The van der Waals surface area contributed by atoms with E-state index in [1.54, 1.807) is 6.08 Å². The van der Waals surface area contributed by atoms with E-state index >= 15 is 0 Å². The molecule has 1 fully saturated rings. The molecule has 0 heterocycles. The number of carbonyl (C=O) groups excluding carboxylic acids is 1. The lowest BCUT2D eigenvalue weighted by molar-refractivity contribution is -0.139. The summed E-state index contributed by atoms with van der Waals surface area (Å²) < 4.78 is 4.97. The third-order valence-corrected chi connectivity index (χ3v) is 2.75. The fraction of sp³-hybridized carbons (Fsp3) is 0.750. The first-order valence-electron chi connectivity index (χ1n) is 5.88. The van der Waals surface area contributed by atoms with Gasteiger partial charge < -0.3 is 10.1 Å². The van der Waals surface area contributed by atoms with Gasteiger partial charge in [0.2, 0.25) is 0 Å². The van der Waals surface area contributed by atoms with E-state index in [1.807, 2.05) is 13.8 Å².